The fraction of sp³-hybridized carbons (Fsp3) is 0.933. The van der Waals surface area contributed by atoms with Crippen molar-refractivity contribution in [1.82, 2.24) is 10.2 Å². The lowest BCUT2D eigenvalue weighted by Crippen LogP contribution is -2.44. The molecule has 0 spiro atoms. The highest BCUT2D eigenvalue weighted by atomic mass is 15.1. The van der Waals surface area contributed by atoms with E-state index >= 15 is 0 Å². The Kier molecular flexibility index (Phi) is 9.05. The quantitative estimate of drug-likeness (QED) is 0.608. The van der Waals surface area contributed by atoms with Crippen LogP contribution in [0, 0.1) is 11.3 Å². The number of unbranched alkanes of at least 4 members (excludes halogenated alkanes) is 2. The van der Waals surface area contributed by atoms with E-state index in [1.807, 2.05) is 6.92 Å². The first-order chi connectivity index (χ1) is 8.43. The van der Waals surface area contributed by atoms with Gasteiger partial charge in [0, 0.05) is 6.04 Å². The third-order valence-electron chi connectivity index (χ3n) is 3.21. The molecule has 0 saturated heterocycles. The summed E-state index contributed by atoms with van der Waals surface area (Å²) in [5, 5.41) is 12.6. The van der Waals surface area contributed by atoms with Crippen LogP contribution >= 0.6 is 0 Å². The lowest BCUT2D eigenvalue weighted by Gasteiger charge is -2.26. The largest absolute Gasteiger partial charge is 0.306 e. The number of nitrogens with zero attached hydrogens (tertiary/aromatic N) is 2. The Hall–Kier alpha value is -0.590. The topological polar surface area (TPSA) is 39.1 Å². The molecule has 0 heterocycles. The maximum atomic E-state index is 9.24. The monoisotopic (exact) mass is 253 g/mol. The lowest BCUT2D eigenvalue weighted by molar-refractivity contribution is 0.305. The van der Waals surface area contributed by atoms with Gasteiger partial charge in [-0.05, 0) is 66.6 Å². The van der Waals surface area contributed by atoms with Crippen molar-refractivity contribution in [3.8, 4) is 6.07 Å². The van der Waals surface area contributed by atoms with Crippen LogP contribution in [0.1, 0.15) is 59.8 Å². The van der Waals surface area contributed by atoms with Crippen molar-refractivity contribution in [2.75, 3.05) is 20.1 Å². The van der Waals surface area contributed by atoms with E-state index in [1.165, 1.54) is 25.8 Å². The summed E-state index contributed by atoms with van der Waals surface area (Å²) in [5.74, 6) is 0. The predicted octanol–water partition coefficient (Wildman–Crippen LogP) is 3.17. The molecule has 106 valence electrons. The van der Waals surface area contributed by atoms with Crippen molar-refractivity contribution in [2.45, 2.75) is 71.4 Å². The van der Waals surface area contributed by atoms with E-state index in [4.69, 9.17) is 0 Å². The smallest absolute Gasteiger partial charge is 0.104 e. The Balaban J connectivity index is 3.78. The van der Waals surface area contributed by atoms with Crippen LogP contribution in [0.2, 0.25) is 0 Å². The molecule has 1 atom stereocenters. The Morgan fingerprint density at radius 2 is 1.83 bits per heavy atom. The molecule has 0 fully saturated rings. The minimum Gasteiger partial charge on any atom is -0.306 e. The zero-order valence-corrected chi connectivity index (χ0v) is 12.9. The summed E-state index contributed by atoms with van der Waals surface area (Å²) in [5.41, 5.74) is -0.365. The van der Waals surface area contributed by atoms with Crippen LogP contribution in [-0.4, -0.2) is 36.6 Å². The van der Waals surface area contributed by atoms with Gasteiger partial charge in [-0.25, -0.2) is 0 Å². The van der Waals surface area contributed by atoms with Gasteiger partial charge in [-0.2, -0.15) is 5.26 Å². The van der Waals surface area contributed by atoms with Crippen LogP contribution in [-0.2, 0) is 0 Å². The van der Waals surface area contributed by atoms with Crippen LogP contribution in [0.15, 0.2) is 0 Å². The molecule has 1 unspecified atom stereocenters. The zero-order chi connectivity index (χ0) is 14.0. The zero-order valence-electron chi connectivity index (χ0n) is 12.9. The first-order valence-electron chi connectivity index (χ1n) is 7.31. The van der Waals surface area contributed by atoms with Crippen molar-refractivity contribution in [3.05, 3.63) is 0 Å². The fourth-order valence-electron chi connectivity index (χ4n) is 2.20. The summed E-state index contributed by atoms with van der Waals surface area (Å²) in [6.45, 7) is 10.7. The first kappa shape index (κ1) is 17.4. The molecule has 18 heavy (non-hydrogen) atoms. The third kappa shape index (κ3) is 8.49. The van der Waals surface area contributed by atoms with Crippen molar-refractivity contribution in [2.24, 2.45) is 0 Å². The number of nitrogens with one attached hydrogen (secondary N) is 1. The van der Waals surface area contributed by atoms with Gasteiger partial charge in [-0.1, -0.05) is 13.3 Å². The standard InChI is InChI=1S/C15H31N3/c1-6-7-11-18(5)12-9-8-10-15(4,13-16)17-14(2)3/h14,17H,6-12H2,1-5H3. The van der Waals surface area contributed by atoms with Gasteiger partial charge in [0.1, 0.15) is 5.54 Å². The van der Waals surface area contributed by atoms with E-state index in [9.17, 15) is 5.26 Å². The van der Waals surface area contributed by atoms with Crippen LogP contribution in [0.25, 0.3) is 0 Å². The number of nitriles is 1. The second kappa shape index (κ2) is 9.35. The van der Waals surface area contributed by atoms with Gasteiger partial charge in [-0.15, -0.1) is 0 Å². The molecule has 0 aromatic heterocycles. The van der Waals surface area contributed by atoms with Crippen molar-refractivity contribution >= 4 is 0 Å². The molecular formula is C15H31N3. The maximum absolute atomic E-state index is 9.24. The third-order valence-corrected chi connectivity index (χ3v) is 3.21. The predicted molar refractivity (Wildman–Crippen MR) is 78.5 cm³/mol. The van der Waals surface area contributed by atoms with Crippen LogP contribution < -0.4 is 5.32 Å². The fourth-order valence-corrected chi connectivity index (χ4v) is 2.20. The van der Waals surface area contributed by atoms with Gasteiger partial charge >= 0.3 is 0 Å². The van der Waals surface area contributed by atoms with Gasteiger partial charge < -0.3 is 4.90 Å². The summed E-state index contributed by atoms with van der Waals surface area (Å²) in [7, 11) is 2.19. The molecule has 0 bridgehead atoms. The highest BCUT2D eigenvalue weighted by molar-refractivity contribution is 5.04. The summed E-state index contributed by atoms with van der Waals surface area (Å²) in [6, 6.07) is 2.77. The minimum atomic E-state index is -0.365. The Morgan fingerprint density at radius 3 is 2.33 bits per heavy atom. The minimum absolute atomic E-state index is 0.363. The van der Waals surface area contributed by atoms with Gasteiger partial charge in [0.25, 0.3) is 0 Å². The highest BCUT2D eigenvalue weighted by Gasteiger charge is 2.23. The number of rotatable bonds is 10. The summed E-state index contributed by atoms with van der Waals surface area (Å²) in [4.78, 5) is 2.39. The SMILES string of the molecule is CCCCN(C)CCCCC(C)(C#N)NC(C)C. The molecule has 3 nitrogen and oxygen atoms in total. The molecule has 0 aliphatic carbocycles. The van der Waals surface area contributed by atoms with E-state index < -0.39 is 0 Å². The van der Waals surface area contributed by atoms with Crippen LogP contribution in [0.5, 0.6) is 0 Å². The van der Waals surface area contributed by atoms with E-state index in [2.05, 4.69) is 44.1 Å². The summed E-state index contributed by atoms with van der Waals surface area (Å²) >= 11 is 0. The van der Waals surface area contributed by atoms with E-state index in [0.717, 1.165) is 19.4 Å². The normalized spacial score (nSPS) is 14.8. The number of hydrogen-bond acceptors (Lipinski definition) is 3. The molecule has 1 N–H and O–H groups in total. The molecule has 0 aliphatic heterocycles. The molecule has 3 heteroatoms. The second-order valence-electron chi connectivity index (χ2n) is 5.86. The van der Waals surface area contributed by atoms with Crippen molar-refractivity contribution < 1.29 is 0 Å². The van der Waals surface area contributed by atoms with Crippen LogP contribution in [0.4, 0.5) is 0 Å². The average Bonchev–Trinajstić information content (AvgIpc) is 2.31. The van der Waals surface area contributed by atoms with E-state index in [1.54, 1.807) is 0 Å². The average molecular weight is 253 g/mol. The maximum Gasteiger partial charge on any atom is 0.104 e. The second-order valence-corrected chi connectivity index (χ2v) is 5.86. The van der Waals surface area contributed by atoms with Gasteiger partial charge in [0.2, 0.25) is 0 Å². The molecule has 0 rings (SSSR count). The van der Waals surface area contributed by atoms with Crippen molar-refractivity contribution in [3.63, 3.8) is 0 Å². The number of hydrogen-bond donors (Lipinski definition) is 1. The molecule has 0 aromatic carbocycles. The Labute approximate surface area is 114 Å². The molecule has 0 amide bonds. The van der Waals surface area contributed by atoms with E-state index in [0.29, 0.717) is 6.04 Å². The highest BCUT2D eigenvalue weighted by Crippen LogP contribution is 2.14. The molecule has 0 aromatic rings. The Bertz CT molecular complexity index is 245. The van der Waals surface area contributed by atoms with Gasteiger partial charge in [0.05, 0.1) is 6.07 Å². The molecular weight excluding hydrogens is 222 g/mol. The lowest BCUT2D eigenvalue weighted by atomic mass is 9.95. The first-order valence-corrected chi connectivity index (χ1v) is 7.31. The van der Waals surface area contributed by atoms with Gasteiger partial charge in [-0.3, -0.25) is 5.32 Å². The Morgan fingerprint density at radius 1 is 1.22 bits per heavy atom. The molecule has 0 aliphatic rings. The summed E-state index contributed by atoms with van der Waals surface area (Å²) < 4.78 is 0. The van der Waals surface area contributed by atoms with Gasteiger partial charge in [0.15, 0.2) is 0 Å². The van der Waals surface area contributed by atoms with Crippen LogP contribution in [0.3, 0.4) is 0 Å². The van der Waals surface area contributed by atoms with E-state index in [-0.39, 0.29) is 5.54 Å². The van der Waals surface area contributed by atoms with Crippen molar-refractivity contribution in [1.29, 1.82) is 5.26 Å². The molecule has 0 saturated carbocycles. The summed E-state index contributed by atoms with van der Waals surface area (Å²) in [6.07, 6.45) is 5.76. The molecule has 0 radical (unpaired) electrons.